The molecule has 1 unspecified atom stereocenters. The molecule has 0 saturated carbocycles. The van der Waals surface area contributed by atoms with E-state index in [2.05, 4.69) is 28.3 Å². The molecule has 3 heterocycles. The summed E-state index contributed by atoms with van der Waals surface area (Å²) in [4.78, 5) is 11.9. The number of allylic oxidation sites excluding steroid dienone is 1. The van der Waals surface area contributed by atoms with Gasteiger partial charge in [-0.25, -0.2) is 4.98 Å². The second-order valence-corrected chi connectivity index (χ2v) is 11.3. The molecule has 9 heteroatoms. The van der Waals surface area contributed by atoms with E-state index in [1.54, 1.807) is 42.0 Å². The largest absolute Gasteiger partial charge is 0.418 e. The van der Waals surface area contributed by atoms with Gasteiger partial charge in [-0.1, -0.05) is 51.2 Å². The van der Waals surface area contributed by atoms with Gasteiger partial charge < -0.3 is 10.2 Å². The third-order valence-electron chi connectivity index (χ3n) is 6.37. The van der Waals surface area contributed by atoms with Gasteiger partial charge in [0.15, 0.2) is 5.13 Å². The molecule has 3 aromatic rings. The smallest absolute Gasteiger partial charge is 0.374 e. The highest BCUT2D eigenvalue weighted by Crippen LogP contribution is 2.48. The number of nitrogens with one attached hydrogen (secondary N) is 1. The topological polar surface area (TPSA) is 41.0 Å². The number of thioether (sulfide) groups is 1. The number of benzene rings is 1. The quantitative estimate of drug-likeness (QED) is 0.229. The molecule has 4 rings (SSSR count). The van der Waals surface area contributed by atoms with Crippen LogP contribution in [0, 0.1) is 0 Å². The third kappa shape index (κ3) is 7.51. The lowest BCUT2D eigenvalue weighted by molar-refractivity contribution is -0.137. The number of anilines is 3. The Morgan fingerprint density at radius 2 is 1.89 bits per heavy atom. The molecular weight excluding hydrogens is 513 g/mol. The van der Waals surface area contributed by atoms with E-state index in [1.165, 1.54) is 36.7 Å². The van der Waals surface area contributed by atoms with Crippen LogP contribution in [-0.2, 0) is 6.18 Å². The Morgan fingerprint density at radius 1 is 1.08 bits per heavy atom. The molecule has 198 valence electrons. The van der Waals surface area contributed by atoms with Gasteiger partial charge in [-0.05, 0) is 43.2 Å². The zero-order valence-electron chi connectivity index (χ0n) is 21.2. The highest BCUT2D eigenvalue weighted by atomic mass is 32.2. The molecular formula is C28H33F3N4S2. The maximum absolute atomic E-state index is 14.0. The Kier molecular flexibility index (Phi) is 9.54. The van der Waals surface area contributed by atoms with E-state index in [-0.39, 0.29) is 10.9 Å². The van der Waals surface area contributed by atoms with Gasteiger partial charge in [-0.15, -0.1) is 23.1 Å². The van der Waals surface area contributed by atoms with Crippen LogP contribution in [0.1, 0.15) is 74.1 Å². The van der Waals surface area contributed by atoms with Crippen molar-refractivity contribution in [2.75, 3.05) is 23.8 Å². The molecule has 0 amide bonds. The van der Waals surface area contributed by atoms with Crippen LogP contribution in [0.25, 0.3) is 4.91 Å². The summed E-state index contributed by atoms with van der Waals surface area (Å²) in [6.45, 7) is 2.77. The van der Waals surface area contributed by atoms with E-state index >= 15 is 0 Å². The number of unbranched alkanes of at least 4 members (excludes halogenated alkanes) is 5. The fraction of sp³-hybridized carbons (Fsp3) is 0.429. The molecule has 4 nitrogen and oxygen atoms in total. The molecule has 1 aromatic carbocycles. The molecule has 2 aromatic heterocycles. The molecule has 0 fully saturated rings. The van der Waals surface area contributed by atoms with Gasteiger partial charge in [0.25, 0.3) is 0 Å². The molecule has 0 bridgehead atoms. The lowest BCUT2D eigenvalue weighted by Gasteiger charge is -2.24. The zero-order chi connectivity index (χ0) is 26.3. The van der Waals surface area contributed by atoms with Gasteiger partial charge in [0, 0.05) is 41.4 Å². The molecule has 1 aliphatic rings. The van der Waals surface area contributed by atoms with Crippen molar-refractivity contribution in [2.24, 2.45) is 0 Å². The van der Waals surface area contributed by atoms with Gasteiger partial charge in [-0.2, -0.15) is 13.2 Å². The monoisotopic (exact) mass is 546 g/mol. The highest BCUT2D eigenvalue weighted by Gasteiger charge is 2.35. The summed E-state index contributed by atoms with van der Waals surface area (Å²) in [6.07, 6.45) is 7.02. The van der Waals surface area contributed by atoms with E-state index in [4.69, 9.17) is 0 Å². The average Bonchev–Trinajstić information content (AvgIpc) is 3.56. The molecule has 37 heavy (non-hydrogen) atoms. The third-order valence-corrected chi connectivity index (χ3v) is 8.48. The van der Waals surface area contributed by atoms with Crippen LogP contribution in [0.15, 0.2) is 54.1 Å². The number of aromatic nitrogens is 2. The lowest BCUT2D eigenvalue weighted by atomic mass is 10.1. The minimum atomic E-state index is -4.44. The Hall–Kier alpha value is -2.52. The van der Waals surface area contributed by atoms with E-state index < -0.39 is 11.7 Å². The van der Waals surface area contributed by atoms with E-state index in [1.807, 2.05) is 23.6 Å². The number of nitrogens with zero attached hydrogens (tertiary/aromatic N) is 3. The number of hydrogen-bond acceptors (Lipinski definition) is 6. The Morgan fingerprint density at radius 3 is 2.65 bits per heavy atom. The van der Waals surface area contributed by atoms with Crippen LogP contribution in [0.2, 0.25) is 0 Å². The minimum Gasteiger partial charge on any atom is -0.374 e. The summed E-state index contributed by atoms with van der Waals surface area (Å²) in [5.74, 6) is 0. The Labute approximate surface area is 225 Å². The van der Waals surface area contributed by atoms with Gasteiger partial charge >= 0.3 is 6.18 Å². The molecule has 0 spiro atoms. The first kappa shape index (κ1) is 27.5. The predicted molar refractivity (Wildman–Crippen MR) is 151 cm³/mol. The van der Waals surface area contributed by atoms with Crippen molar-refractivity contribution in [3.8, 4) is 0 Å². The number of rotatable bonds is 12. The van der Waals surface area contributed by atoms with Gasteiger partial charge in [0.1, 0.15) is 0 Å². The SMILES string of the molecule is CCCCCCCCN(C)c1ccc(Nc2nc(C3=CCC(c4ccccn4)S3)cs2)cc1C(F)(F)F. The van der Waals surface area contributed by atoms with E-state index in [0.717, 1.165) is 42.0 Å². The van der Waals surface area contributed by atoms with Crippen LogP contribution in [-0.4, -0.2) is 23.6 Å². The number of halogens is 3. The first-order valence-corrected chi connectivity index (χ1v) is 14.5. The van der Waals surface area contributed by atoms with Crippen LogP contribution < -0.4 is 10.2 Å². The van der Waals surface area contributed by atoms with Crippen LogP contribution in [0.4, 0.5) is 29.7 Å². The summed E-state index contributed by atoms with van der Waals surface area (Å²) in [7, 11) is 1.74. The molecule has 0 radical (unpaired) electrons. The first-order chi connectivity index (χ1) is 17.8. The summed E-state index contributed by atoms with van der Waals surface area (Å²) in [6, 6.07) is 10.4. The number of hydrogen-bond donors (Lipinski definition) is 1. The number of thiazole rings is 1. The standard InChI is InChI=1S/C28H33F3N4S2/c1-3-4-5-6-7-10-17-35(2)24-13-12-20(18-21(24)28(29,30)31)33-27-34-23(19-36-27)26-15-14-25(37-26)22-11-8-9-16-32-22/h8-9,11-13,15-16,18-19,25H,3-7,10,14,17H2,1-2H3,(H,33,34). The van der Waals surface area contributed by atoms with Crippen molar-refractivity contribution in [1.29, 1.82) is 0 Å². The summed E-state index contributed by atoms with van der Waals surface area (Å²) < 4.78 is 41.9. The maximum Gasteiger partial charge on any atom is 0.418 e. The maximum atomic E-state index is 14.0. The Balaban J connectivity index is 1.39. The molecule has 1 N–H and O–H groups in total. The molecule has 0 saturated heterocycles. The van der Waals surface area contributed by atoms with Crippen molar-refractivity contribution in [2.45, 2.75) is 63.3 Å². The van der Waals surface area contributed by atoms with Gasteiger partial charge in [-0.3, -0.25) is 4.98 Å². The first-order valence-electron chi connectivity index (χ1n) is 12.8. The van der Waals surface area contributed by atoms with E-state index in [9.17, 15) is 13.2 Å². The second kappa shape index (κ2) is 12.8. The van der Waals surface area contributed by atoms with Crippen molar-refractivity contribution >= 4 is 44.5 Å². The van der Waals surface area contributed by atoms with Crippen LogP contribution in [0.5, 0.6) is 0 Å². The average molecular weight is 547 g/mol. The van der Waals surface area contributed by atoms with Crippen LogP contribution >= 0.6 is 23.1 Å². The fourth-order valence-electron chi connectivity index (χ4n) is 4.37. The highest BCUT2D eigenvalue weighted by molar-refractivity contribution is 8.08. The molecule has 0 aliphatic carbocycles. The van der Waals surface area contributed by atoms with Gasteiger partial charge in [0.05, 0.1) is 22.2 Å². The van der Waals surface area contributed by atoms with Crippen molar-refractivity contribution in [3.05, 3.63) is 71.0 Å². The van der Waals surface area contributed by atoms with Crippen molar-refractivity contribution in [1.82, 2.24) is 9.97 Å². The van der Waals surface area contributed by atoms with Crippen molar-refractivity contribution in [3.63, 3.8) is 0 Å². The van der Waals surface area contributed by atoms with Gasteiger partial charge in [0.2, 0.25) is 0 Å². The fourth-order valence-corrected chi connectivity index (χ4v) is 6.35. The number of alkyl halides is 3. The normalized spacial score (nSPS) is 15.6. The number of pyridine rings is 1. The minimum absolute atomic E-state index is 0.208. The van der Waals surface area contributed by atoms with E-state index in [0.29, 0.717) is 17.4 Å². The summed E-state index contributed by atoms with van der Waals surface area (Å²) in [5, 5.41) is 5.84. The zero-order valence-corrected chi connectivity index (χ0v) is 22.9. The molecule has 1 atom stereocenters. The predicted octanol–water partition coefficient (Wildman–Crippen LogP) is 9.32. The summed E-state index contributed by atoms with van der Waals surface area (Å²) >= 11 is 3.11. The lowest BCUT2D eigenvalue weighted by Crippen LogP contribution is -2.22. The van der Waals surface area contributed by atoms with Crippen molar-refractivity contribution < 1.29 is 13.2 Å². The van der Waals surface area contributed by atoms with Crippen LogP contribution in [0.3, 0.4) is 0 Å². The second-order valence-electron chi connectivity index (χ2n) is 9.25. The molecule has 1 aliphatic heterocycles. The Bertz CT molecular complexity index is 1180. The summed E-state index contributed by atoms with van der Waals surface area (Å²) in [5.41, 5.74) is 1.83.